The highest BCUT2D eigenvalue weighted by molar-refractivity contribution is 7.89. The van der Waals surface area contributed by atoms with Gasteiger partial charge in [-0.15, -0.1) is 0 Å². The van der Waals surface area contributed by atoms with Crippen molar-refractivity contribution in [2.75, 3.05) is 7.05 Å². The maximum absolute atomic E-state index is 12.5. The van der Waals surface area contributed by atoms with E-state index in [1.807, 2.05) is 0 Å². The van der Waals surface area contributed by atoms with Gasteiger partial charge in [0, 0.05) is 12.6 Å². The fourth-order valence-electron chi connectivity index (χ4n) is 1.67. The summed E-state index contributed by atoms with van der Waals surface area (Å²) in [6.45, 7) is 0.0774. The zero-order valence-corrected chi connectivity index (χ0v) is 12.3. The van der Waals surface area contributed by atoms with E-state index < -0.39 is 10.0 Å². The van der Waals surface area contributed by atoms with Crippen LogP contribution in [0.25, 0.3) is 0 Å². The van der Waals surface area contributed by atoms with Crippen LogP contribution in [-0.4, -0.2) is 39.9 Å². The second-order valence-electron chi connectivity index (χ2n) is 4.05. The molecule has 3 N–H and O–H groups in total. The van der Waals surface area contributed by atoms with Gasteiger partial charge in [-0.1, -0.05) is 30.4 Å². The molecule has 106 valence electrons. The topological polar surface area (TPSA) is 105 Å². The standard InChI is InChI=1S/C11H13N5O2S2/c1-16(6-10-13-7-14-15-10)20(17,18)9-5-3-2-4-8(9)11(12)19/h2-5,7H,6H2,1H3,(H2,12,19)(H,13,14,15). The van der Waals surface area contributed by atoms with E-state index in [2.05, 4.69) is 15.2 Å². The number of H-pyrrole nitrogens is 1. The molecule has 9 heteroatoms. The van der Waals surface area contributed by atoms with Crippen LogP contribution in [0.15, 0.2) is 35.5 Å². The number of nitrogens with zero attached hydrogens (tertiary/aromatic N) is 3. The number of hydrogen-bond acceptors (Lipinski definition) is 5. The lowest BCUT2D eigenvalue weighted by Crippen LogP contribution is -2.29. The third-order valence-corrected chi connectivity index (χ3v) is 4.76. The minimum absolute atomic E-state index is 0.0391. The average molecular weight is 311 g/mol. The van der Waals surface area contributed by atoms with Crippen LogP contribution in [0.4, 0.5) is 0 Å². The lowest BCUT2D eigenvalue weighted by atomic mass is 10.2. The number of nitrogens with two attached hydrogens (primary N) is 1. The summed E-state index contributed by atoms with van der Waals surface area (Å²) in [5.74, 6) is 0.448. The summed E-state index contributed by atoms with van der Waals surface area (Å²) >= 11 is 4.89. The Morgan fingerprint density at radius 2 is 2.15 bits per heavy atom. The Morgan fingerprint density at radius 3 is 2.75 bits per heavy atom. The first kappa shape index (κ1) is 14.6. The van der Waals surface area contributed by atoms with Crippen LogP contribution in [0.5, 0.6) is 0 Å². The largest absolute Gasteiger partial charge is 0.389 e. The van der Waals surface area contributed by atoms with Crippen LogP contribution >= 0.6 is 12.2 Å². The van der Waals surface area contributed by atoms with Gasteiger partial charge >= 0.3 is 0 Å². The molecule has 0 bridgehead atoms. The fourth-order valence-corrected chi connectivity index (χ4v) is 3.24. The van der Waals surface area contributed by atoms with E-state index in [4.69, 9.17) is 18.0 Å². The van der Waals surface area contributed by atoms with Gasteiger partial charge in [0.05, 0.1) is 11.4 Å². The number of aromatic nitrogens is 3. The molecule has 0 saturated carbocycles. The second-order valence-corrected chi connectivity index (χ2v) is 6.51. The molecule has 2 aromatic rings. The van der Waals surface area contributed by atoms with Crippen molar-refractivity contribution < 1.29 is 8.42 Å². The summed E-state index contributed by atoms with van der Waals surface area (Å²) in [6.07, 6.45) is 1.32. The van der Waals surface area contributed by atoms with Gasteiger partial charge in [0.1, 0.15) is 17.1 Å². The second kappa shape index (κ2) is 5.65. The van der Waals surface area contributed by atoms with Gasteiger partial charge in [-0.25, -0.2) is 13.4 Å². The summed E-state index contributed by atoms with van der Waals surface area (Å²) in [6, 6.07) is 6.36. The first-order valence-corrected chi connectivity index (χ1v) is 7.47. The zero-order valence-electron chi connectivity index (χ0n) is 10.6. The molecule has 7 nitrogen and oxygen atoms in total. The molecule has 20 heavy (non-hydrogen) atoms. The Hall–Kier alpha value is -1.84. The quantitative estimate of drug-likeness (QED) is 0.767. The molecule has 0 spiro atoms. The van der Waals surface area contributed by atoms with Gasteiger partial charge in [-0.3, -0.25) is 5.10 Å². The highest BCUT2D eigenvalue weighted by Gasteiger charge is 2.25. The lowest BCUT2D eigenvalue weighted by Gasteiger charge is -2.17. The summed E-state index contributed by atoms with van der Waals surface area (Å²) in [5, 5.41) is 6.29. The molecular formula is C11H13N5O2S2. The smallest absolute Gasteiger partial charge is 0.243 e. The monoisotopic (exact) mass is 311 g/mol. The highest BCUT2D eigenvalue weighted by Crippen LogP contribution is 2.20. The number of thiocarbonyl (C=S) groups is 1. The lowest BCUT2D eigenvalue weighted by molar-refractivity contribution is 0.457. The van der Waals surface area contributed by atoms with Crippen LogP contribution < -0.4 is 5.73 Å². The summed E-state index contributed by atoms with van der Waals surface area (Å²) < 4.78 is 26.2. The van der Waals surface area contributed by atoms with Gasteiger partial charge in [0.2, 0.25) is 10.0 Å². The van der Waals surface area contributed by atoms with Crippen molar-refractivity contribution in [2.24, 2.45) is 5.73 Å². The predicted molar refractivity (Wildman–Crippen MR) is 77.4 cm³/mol. The molecule has 1 aromatic heterocycles. The highest BCUT2D eigenvalue weighted by atomic mass is 32.2. The van der Waals surface area contributed by atoms with Crippen molar-refractivity contribution in [3.05, 3.63) is 42.0 Å². The molecule has 0 amide bonds. The van der Waals surface area contributed by atoms with Crippen LogP contribution in [0.3, 0.4) is 0 Å². The van der Waals surface area contributed by atoms with E-state index in [1.54, 1.807) is 18.2 Å². The number of aromatic amines is 1. The van der Waals surface area contributed by atoms with E-state index >= 15 is 0 Å². The van der Waals surface area contributed by atoms with Crippen molar-refractivity contribution >= 4 is 27.2 Å². The molecular weight excluding hydrogens is 298 g/mol. The summed E-state index contributed by atoms with van der Waals surface area (Å²) in [5.41, 5.74) is 5.89. The van der Waals surface area contributed by atoms with Gasteiger partial charge < -0.3 is 5.73 Å². The molecule has 0 aliphatic heterocycles. The van der Waals surface area contributed by atoms with Crippen LogP contribution in [-0.2, 0) is 16.6 Å². The predicted octanol–water partition coefficient (Wildman–Crippen LogP) is 0.260. The van der Waals surface area contributed by atoms with Gasteiger partial charge in [-0.2, -0.15) is 9.40 Å². The SMILES string of the molecule is CN(Cc1ncn[nH]1)S(=O)(=O)c1ccccc1C(N)=S. The van der Waals surface area contributed by atoms with Crippen molar-refractivity contribution in [1.82, 2.24) is 19.5 Å². The number of nitrogens with one attached hydrogen (secondary N) is 1. The van der Waals surface area contributed by atoms with Gasteiger partial charge in [-0.05, 0) is 6.07 Å². The molecule has 1 aromatic carbocycles. The number of hydrogen-bond donors (Lipinski definition) is 2. The normalized spacial score (nSPS) is 11.7. The van der Waals surface area contributed by atoms with Crippen molar-refractivity contribution in [2.45, 2.75) is 11.4 Å². The maximum Gasteiger partial charge on any atom is 0.243 e. The van der Waals surface area contributed by atoms with Gasteiger partial charge in [0.15, 0.2) is 0 Å². The fraction of sp³-hybridized carbons (Fsp3) is 0.182. The average Bonchev–Trinajstić information content (AvgIpc) is 2.91. The van der Waals surface area contributed by atoms with Crippen LogP contribution in [0, 0.1) is 0 Å². The van der Waals surface area contributed by atoms with E-state index in [1.165, 1.54) is 19.4 Å². The summed E-state index contributed by atoms with van der Waals surface area (Å²) in [7, 11) is -2.26. The maximum atomic E-state index is 12.5. The Kier molecular flexibility index (Phi) is 4.12. The Balaban J connectivity index is 2.37. The molecule has 0 atom stereocenters. The van der Waals surface area contributed by atoms with Crippen molar-refractivity contribution in [3.8, 4) is 0 Å². The van der Waals surface area contributed by atoms with E-state index in [0.717, 1.165) is 4.31 Å². The minimum Gasteiger partial charge on any atom is -0.389 e. The van der Waals surface area contributed by atoms with Crippen LogP contribution in [0.2, 0.25) is 0 Å². The molecule has 0 saturated heterocycles. The number of rotatable bonds is 5. The molecule has 0 aliphatic rings. The number of sulfonamides is 1. The first-order valence-electron chi connectivity index (χ1n) is 5.62. The van der Waals surface area contributed by atoms with Crippen molar-refractivity contribution in [3.63, 3.8) is 0 Å². The number of benzene rings is 1. The minimum atomic E-state index is -3.71. The third-order valence-electron chi connectivity index (χ3n) is 2.68. The molecule has 2 rings (SSSR count). The van der Waals surface area contributed by atoms with Crippen molar-refractivity contribution in [1.29, 1.82) is 0 Å². The molecule has 0 radical (unpaired) electrons. The molecule has 1 heterocycles. The van der Waals surface area contributed by atoms with E-state index in [9.17, 15) is 8.42 Å². The van der Waals surface area contributed by atoms with E-state index in [-0.39, 0.29) is 16.4 Å². The Morgan fingerprint density at radius 1 is 1.45 bits per heavy atom. The third kappa shape index (κ3) is 2.84. The molecule has 0 fully saturated rings. The first-order chi connectivity index (χ1) is 9.43. The van der Waals surface area contributed by atoms with E-state index in [0.29, 0.717) is 11.4 Å². The Labute approximate surface area is 121 Å². The van der Waals surface area contributed by atoms with Crippen LogP contribution in [0.1, 0.15) is 11.4 Å². The molecule has 0 unspecified atom stereocenters. The molecule has 0 aliphatic carbocycles. The summed E-state index contributed by atoms with van der Waals surface area (Å²) in [4.78, 5) is 4.02. The van der Waals surface area contributed by atoms with Gasteiger partial charge in [0.25, 0.3) is 0 Å². The zero-order chi connectivity index (χ0) is 14.8. The Bertz CT molecular complexity index is 712.